The number of alkyl halides is 3. The largest absolute Gasteiger partial charge is 0.416 e. The van der Waals surface area contributed by atoms with Crippen LogP contribution < -0.4 is 10.6 Å². The average Bonchev–Trinajstić information content (AvgIpc) is 2.48. The molecule has 2 N–H and O–H groups in total. The van der Waals surface area contributed by atoms with E-state index in [0.29, 0.717) is 18.3 Å². The third-order valence-electron chi connectivity index (χ3n) is 3.01. The first kappa shape index (κ1) is 12.1. The van der Waals surface area contributed by atoms with E-state index in [-0.39, 0.29) is 0 Å². The molecule has 0 fully saturated rings. The zero-order chi connectivity index (χ0) is 12.5. The van der Waals surface area contributed by atoms with Crippen molar-refractivity contribution in [1.82, 2.24) is 0 Å². The highest BCUT2D eigenvalue weighted by Gasteiger charge is 2.31. The Morgan fingerprint density at radius 1 is 1.29 bits per heavy atom. The van der Waals surface area contributed by atoms with Gasteiger partial charge < -0.3 is 10.6 Å². The van der Waals surface area contributed by atoms with Crippen LogP contribution in [0.15, 0.2) is 18.2 Å². The topological polar surface area (TPSA) is 24.1 Å². The van der Waals surface area contributed by atoms with Crippen molar-refractivity contribution in [3.63, 3.8) is 0 Å². The Kier molecular flexibility index (Phi) is 3.17. The van der Waals surface area contributed by atoms with Gasteiger partial charge >= 0.3 is 6.18 Å². The van der Waals surface area contributed by atoms with Crippen molar-refractivity contribution >= 4 is 11.4 Å². The summed E-state index contributed by atoms with van der Waals surface area (Å²) in [5.41, 5.74) is 0.679. The number of fused-ring (bicyclic) bond motifs is 1. The van der Waals surface area contributed by atoms with Crippen molar-refractivity contribution in [2.24, 2.45) is 0 Å². The molecule has 1 aliphatic rings. The number of benzene rings is 1. The molecule has 1 heterocycles. The van der Waals surface area contributed by atoms with Crippen LogP contribution in [-0.2, 0) is 6.18 Å². The van der Waals surface area contributed by atoms with Crippen LogP contribution in [0, 0.1) is 0 Å². The highest BCUT2D eigenvalue weighted by atomic mass is 19.4. The Labute approximate surface area is 98.2 Å². The number of halogens is 3. The summed E-state index contributed by atoms with van der Waals surface area (Å²) in [6.45, 7) is 2.76. The second kappa shape index (κ2) is 4.47. The monoisotopic (exact) mass is 244 g/mol. The zero-order valence-corrected chi connectivity index (χ0v) is 9.56. The molecular weight excluding hydrogens is 229 g/mol. The van der Waals surface area contributed by atoms with Crippen LogP contribution in [0.3, 0.4) is 0 Å². The lowest BCUT2D eigenvalue weighted by molar-refractivity contribution is -0.137. The highest BCUT2D eigenvalue weighted by molar-refractivity contribution is 5.71. The van der Waals surface area contributed by atoms with Gasteiger partial charge in [0.1, 0.15) is 0 Å². The van der Waals surface area contributed by atoms with Crippen molar-refractivity contribution < 1.29 is 13.2 Å². The summed E-state index contributed by atoms with van der Waals surface area (Å²) in [7, 11) is 0. The lowest BCUT2D eigenvalue weighted by Gasteiger charge is -2.16. The summed E-state index contributed by atoms with van der Waals surface area (Å²) in [5, 5.41) is 6.30. The molecule has 1 aromatic rings. The van der Waals surface area contributed by atoms with E-state index >= 15 is 0 Å². The number of nitrogens with one attached hydrogen (secondary N) is 2. The zero-order valence-electron chi connectivity index (χ0n) is 9.56. The van der Waals surface area contributed by atoms with Gasteiger partial charge in [-0.05, 0) is 31.0 Å². The number of hydrogen-bond acceptors (Lipinski definition) is 2. The van der Waals surface area contributed by atoms with Crippen molar-refractivity contribution in [1.29, 1.82) is 0 Å². The molecule has 1 aliphatic heterocycles. The molecule has 5 heteroatoms. The van der Waals surface area contributed by atoms with Gasteiger partial charge in [0.25, 0.3) is 0 Å². The van der Waals surface area contributed by atoms with Crippen LogP contribution in [0.25, 0.3) is 0 Å². The fraction of sp³-hybridized carbons (Fsp3) is 0.500. The second-order valence-electron chi connectivity index (χ2n) is 4.22. The van der Waals surface area contributed by atoms with E-state index in [1.807, 2.05) is 0 Å². The van der Waals surface area contributed by atoms with Gasteiger partial charge in [0.15, 0.2) is 0 Å². The molecule has 1 unspecified atom stereocenters. The van der Waals surface area contributed by atoms with Gasteiger partial charge in [0.05, 0.1) is 16.9 Å². The average molecular weight is 244 g/mol. The Hall–Kier alpha value is -1.39. The van der Waals surface area contributed by atoms with E-state index in [0.717, 1.165) is 24.6 Å². The van der Waals surface area contributed by atoms with Gasteiger partial charge in [-0.2, -0.15) is 13.2 Å². The predicted molar refractivity (Wildman–Crippen MR) is 62.3 cm³/mol. The normalized spacial score (nSPS) is 19.9. The minimum absolute atomic E-state index is 0.320. The van der Waals surface area contributed by atoms with Crippen LogP contribution in [0.5, 0.6) is 0 Å². The van der Waals surface area contributed by atoms with Crippen LogP contribution in [0.4, 0.5) is 24.5 Å². The maximum absolute atomic E-state index is 12.6. The van der Waals surface area contributed by atoms with Crippen LogP contribution in [-0.4, -0.2) is 12.6 Å². The van der Waals surface area contributed by atoms with E-state index in [1.54, 1.807) is 0 Å². The second-order valence-corrected chi connectivity index (χ2v) is 4.22. The fourth-order valence-electron chi connectivity index (χ4n) is 1.97. The number of anilines is 2. The number of hydrogen-bond donors (Lipinski definition) is 2. The molecule has 0 saturated heterocycles. The van der Waals surface area contributed by atoms with Crippen LogP contribution in [0.1, 0.15) is 25.3 Å². The molecule has 0 aromatic heterocycles. The van der Waals surface area contributed by atoms with E-state index in [2.05, 4.69) is 17.6 Å². The molecule has 2 nitrogen and oxygen atoms in total. The summed E-state index contributed by atoms with van der Waals surface area (Å²) in [5.74, 6) is 0. The Balaban J connectivity index is 2.31. The number of rotatable bonds is 1. The lowest BCUT2D eigenvalue weighted by Crippen LogP contribution is -2.18. The summed E-state index contributed by atoms with van der Waals surface area (Å²) in [6.07, 6.45) is -2.41. The molecule has 1 aromatic carbocycles. The van der Waals surface area contributed by atoms with Crippen molar-refractivity contribution in [2.75, 3.05) is 17.2 Å². The summed E-state index contributed by atoms with van der Waals surface area (Å²) < 4.78 is 37.7. The first-order valence-corrected chi connectivity index (χ1v) is 5.72. The van der Waals surface area contributed by atoms with Gasteiger partial charge in [-0.1, -0.05) is 6.92 Å². The fourth-order valence-corrected chi connectivity index (χ4v) is 1.97. The summed E-state index contributed by atoms with van der Waals surface area (Å²) in [6, 6.07) is 4.10. The Bertz CT molecular complexity index is 401. The molecule has 0 aliphatic carbocycles. The molecular formula is C12H15F3N2. The first-order chi connectivity index (χ1) is 8.00. The van der Waals surface area contributed by atoms with Gasteiger partial charge in [-0.3, -0.25) is 0 Å². The van der Waals surface area contributed by atoms with E-state index in [9.17, 15) is 13.2 Å². The molecule has 0 amide bonds. The molecule has 0 radical (unpaired) electrons. The predicted octanol–water partition coefficient (Wildman–Crippen LogP) is 3.71. The first-order valence-electron chi connectivity index (χ1n) is 5.72. The third kappa shape index (κ3) is 2.65. The van der Waals surface area contributed by atoms with Crippen LogP contribution in [0.2, 0.25) is 0 Å². The Morgan fingerprint density at radius 2 is 2.06 bits per heavy atom. The molecule has 0 bridgehead atoms. The molecule has 17 heavy (non-hydrogen) atoms. The summed E-state index contributed by atoms with van der Waals surface area (Å²) >= 11 is 0. The molecule has 0 spiro atoms. The minimum atomic E-state index is -4.28. The van der Waals surface area contributed by atoms with Gasteiger partial charge in [0, 0.05) is 12.6 Å². The van der Waals surface area contributed by atoms with Crippen molar-refractivity contribution in [2.45, 2.75) is 32.0 Å². The standard InChI is InChI=1S/C12H15F3N2/c1-2-9-5-6-16-11-7-8(12(13,14)15)3-4-10(11)17-9/h3-4,7,9,16-17H,2,5-6H2,1H3. The SMILES string of the molecule is CCC1CCNc2cc(C(F)(F)F)ccc2N1. The van der Waals surface area contributed by atoms with E-state index in [1.165, 1.54) is 12.1 Å². The minimum Gasteiger partial charge on any atom is -0.383 e. The maximum Gasteiger partial charge on any atom is 0.416 e. The lowest BCUT2D eigenvalue weighted by atomic mass is 10.1. The maximum atomic E-state index is 12.6. The molecule has 1 atom stereocenters. The smallest absolute Gasteiger partial charge is 0.383 e. The van der Waals surface area contributed by atoms with E-state index < -0.39 is 11.7 Å². The van der Waals surface area contributed by atoms with Crippen molar-refractivity contribution in [3.8, 4) is 0 Å². The molecule has 94 valence electrons. The highest BCUT2D eigenvalue weighted by Crippen LogP contribution is 2.35. The third-order valence-corrected chi connectivity index (χ3v) is 3.01. The molecule has 2 rings (SSSR count). The van der Waals surface area contributed by atoms with Gasteiger partial charge in [-0.25, -0.2) is 0 Å². The van der Waals surface area contributed by atoms with Crippen LogP contribution >= 0.6 is 0 Å². The summed E-state index contributed by atoms with van der Waals surface area (Å²) in [4.78, 5) is 0. The Morgan fingerprint density at radius 3 is 2.71 bits per heavy atom. The molecule has 0 saturated carbocycles. The van der Waals surface area contributed by atoms with E-state index in [4.69, 9.17) is 0 Å². The quantitative estimate of drug-likeness (QED) is 0.786. The van der Waals surface area contributed by atoms with Crippen molar-refractivity contribution in [3.05, 3.63) is 23.8 Å². The van der Waals surface area contributed by atoms with Gasteiger partial charge in [-0.15, -0.1) is 0 Å². The van der Waals surface area contributed by atoms with Gasteiger partial charge in [0.2, 0.25) is 0 Å².